The maximum absolute atomic E-state index is 12.1. The van der Waals surface area contributed by atoms with Crippen molar-refractivity contribution in [2.45, 2.75) is 24.8 Å². The number of anilines is 4. The van der Waals surface area contributed by atoms with Crippen LogP contribution in [0, 0.1) is 0 Å². The molecule has 1 unspecified atom stereocenters. The Bertz CT molecular complexity index is 1530. The molecule has 0 saturated carbocycles. The molecule has 4 rings (SSSR count). The largest absolute Gasteiger partial charge is 0.392 e. The van der Waals surface area contributed by atoms with Crippen LogP contribution >= 0.6 is 0 Å². The highest BCUT2D eigenvalue weighted by atomic mass is 32.2. The van der Waals surface area contributed by atoms with Crippen molar-refractivity contribution in [2.24, 2.45) is 5.10 Å². The number of nitrogens with zero attached hydrogens (tertiary/aromatic N) is 3. The predicted octanol–water partition coefficient (Wildman–Crippen LogP) is 4.42. The number of hydrazone groups is 1. The smallest absolute Gasteiger partial charge is 0.240 e. The lowest BCUT2D eigenvalue weighted by Crippen LogP contribution is -2.18. The fourth-order valence-corrected chi connectivity index (χ4v) is 4.42. The zero-order valence-electron chi connectivity index (χ0n) is 21.9. The van der Waals surface area contributed by atoms with Crippen molar-refractivity contribution in [2.75, 3.05) is 29.7 Å². The number of hydrogen-bond acceptors (Lipinski definition) is 9. The third-order valence-corrected chi connectivity index (χ3v) is 7.18. The third kappa shape index (κ3) is 7.17. The number of para-hydroxylation sites is 1. The van der Waals surface area contributed by atoms with Crippen LogP contribution in [0.15, 0.2) is 94.9 Å². The van der Waals surface area contributed by atoms with E-state index in [2.05, 4.69) is 25.9 Å². The molecule has 202 valence electrons. The minimum atomic E-state index is -3.53. The van der Waals surface area contributed by atoms with Crippen LogP contribution in [0.2, 0.25) is 0 Å². The Morgan fingerprint density at radius 2 is 1.54 bits per heavy atom. The van der Waals surface area contributed by atoms with Gasteiger partial charge in [0, 0.05) is 12.2 Å². The van der Waals surface area contributed by atoms with Gasteiger partial charge in [-0.05, 0) is 56.3 Å². The van der Waals surface area contributed by atoms with Crippen molar-refractivity contribution >= 4 is 39.0 Å². The van der Waals surface area contributed by atoms with Gasteiger partial charge < -0.3 is 15.7 Å². The second-order valence-electron chi connectivity index (χ2n) is 8.75. The van der Waals surface area contributed by atoms with Gasteiger partial charge in [0.1, 0.15) is 5.82 Å². The van der Waals surface area contributed by atoms with Gasteiger partial charge >= 0.3 is 0 Å². The van der Waals surface area contributed by atoms with Crippen LogP contribution in [0.5, 0.6) is 0 Å². The first-order valence-corrected chi connectivity index (χ1v) is 13.8. The number of hydrogen-bond donors (Lipinski definition) is 5. The predicted molar refractivity (Wildman–Crippen MR) is 156 cm³/mol. The second-order valence-corrected chi connectivity index (χ2v) is 10.6. The van der Waals surface area contributed by atoms with E-state index in [0.717, 1.165) is 16.8 Å². The molecular formula is C28H31N7O3S. The van der Waals surface area contributed by atoms with Gasteiger partial charge in [-0.2, -0.15) is 15.1 Å². The van der Waals surface area contributed by atoms with Crippen molar-refractivity contribution in [1.82, 2.24) is 14.7 Å². The SMILES string of the molecule is CNS(=O)(=O)c1ccc(C(C)=NNc2nc(Nc3ccccc3)nc(NCC(C)O)c2-c2ccccc2)cc1. The highest BCUT2D eigenvalue weighted by Gasteiger charge is 2.18. The lowest BCUT2D eigenvalue weighted by atomic mass is 10.1. The first-order chi connectivity index (χ1) is 18.8. The molecule has 0 amide bonds. The van der Waals surface area contributed by atoms with Crippen LogP contribution < -0.4 is 20.8 Å². The highest BCUT2D eigenvalue weighted by Crippen LogP contribution is 2.34. The molecule has 0 fully saturated rings. The number of benzene rings is 3. The molecule has 0 spiro atoms. The summed E-state index contributed by atoms with van der Waals surface area (Å²) in [5.74, 6) is 1.30. The fourth-order valence-electron chi connectivity index (χ4n) is 3.69. The van der Waals surface area contributed by atoms with Crippen LogP contribution in [0.3, 0.4) is 0 Å². The van der Waals surface area contributed by atoms with Crippen LogP contribution in [0.4, 0.5) is 23.3 Å². The molecule has 0 bridgehead atoms. The van der Waals surface area contributed by atoms with E-state index in [9.17, 15) is 13.5 Å². The van der Waals surface area contributed by atoms with Gasteiger partial charge in [-0.3, -0.25) is 5.43 Å². The topological polar surface area (TPSA) is 141 Å². The first-order valence-electron chi connectivity index (χ1n) is 12.3. The molecule has 0 aliphatic carbocycles. The zero-order chi connectivity index (χ0) is 27.8. The quantitative estimate of drug-likeness (QED) is 0.138. The van der Waals surface area contributed by atoms with Gasteiger partial charge in [0.05, 0.1) is 22.3 Å². The summed E-state index contributed by atoms with van der Waals surface area (Å²) in [7, 11) is -2.16. The van der Waals surface area contributed by atoms with Crippen LogP contribution in [0.1, 0.15) is 19.4 Å². The summed E-state index contributed by atoms with van der Waals surface area (Å²) in [6.45, 7) is 3.79. The number of aliphatic hydroxyl groups excluding tert-OH is 1. The van der Waals surface area contributed by atoms with E-state index in [4.69, 9.17) is 9.97 Å². The van der Waals surface area contributed by atoms with E-state index in [0.29, 0.717) is 28.9 Å². The van der Waals surface area contributed by atoms with Gasteiger partial charge in [-0.15, -0.1) is 0 Å². The molecule has 3 aromatic carbocycles. The summed E-state index contributed by atoms with van der Waals surface area (Å²) in [4.78, 5) is 9.60. The van der Waals surface area contributed by atoms with Crippen molar-refractivity contribution in [1.29, 1.82) is 0 Å². The van der Waals surface area contributed by atoms with Gasteiger partial charge in [0.2, 0.25) is 16.0 Å². The standard InChI is InChI=1S/C28H31N7O3S/c1-19(36)18-30-26-25(22-10-6-4-7-11-22)27(33-28(32-26)31-23-12-8-5-9-13-23)35-34-20(2)21-14-16-24(17-15-21)39(37,38)29-3/h4-17,19,29,36H,18H2,1-3H3,(H3,30,31,32,33,35). The lowest BCUT2D eigenvalue weighted by Gasteiger charge is -2.18. The molecule has 1 aromatic heterocycles. The molecule has 0 aliphatic heterocycles. The highest BCUT2D eigenvalue weighted by molar-refractivity contribution is 7.89. The minimum absolute atomic E-state index is 0.169. The van der Waals surface area contributed by atoms with Gasteiger partial charge in [-0.1, -0.05) is 60.7 Å². The molecule has 0 aliphatic rings. The van der Waals surface area contributed by atoms with Gasteiger partial charge in [-0.25, -0.2) is 13.1 Å². The Kier molecular flexibility index (Phi) is 8.87. The summed E-state index contributed by atoms with van der Waals surface area (Å²) >= 11 is 0. The number of nitrogens with one attached hydrogen (secondary N) is 4. The third-order valence-electron chi connectivity index (χ3n) is 5.75. The Labute approximate surface area is 228 Å². The summed E-state index contributed by atoms with van der Waals surface area (Å²) in [6.07, 6.45) is -0.597. The number of aliphatic hydroxyl groups is 1. The van der Waals surface area contributed by atoms with E-state index >= 15 is 0 Å². The summed E-state index contributed by atoms with van der Waals surface area (Å²) in [6, 6.07) is 25.7. The van der Waals surface area contributed by atoms with Crippen molar-refractivity contribution in [3.05, 3.63) is 90.5 Å². The van der Waals surface area contributed by atoms with Crippen LogP contribution in [-0.2, 0) is 10.0 Å². The molecule has 5 N–H and O–H groups in total. The Morgan fingerprint density at radius 1 is 0.923 bits per heavy atom. The molecule has 4 aromatic rings. The summed E-state index contributed by atoms with van der Waals surface area (Å²) in [5, 5.41) is 20.9. The van der Waals surface area contributed by atoms with E-state index in [1.807, 2.05) is 67.6 Å². The molecule has 0 saturated heterocycles. The molecule has 1 atom stereocenters. The fraction of sp³-hybridized carbons (Fsp3) is 0.179. The summed E-state index contributed by atoms with van der Waals surface area (Å²) < 4.78 is 26.4. The molecule has 11 heteroatoms. The lowest BCUT2D eigenvalue weighted by molar-refractivity contribution is 0.208. The number of aromatic nitrogens is 2. The number of sulfonamides is 1. The maximum Gasteiger partial charge on any atom is 0.240 e. The zero-order valence-corrected chi connectivity index (χ0v) is 22.7. The monoisotopic (exact) mass is 545 g/mol. The van der Waals surface area contributed by atoms with Gasteiger partial charge in [0.15, 0.2) is 5.82 Å². The van der Waals surface area contributed by atoms with E-state index in [-0.39, 0.29) is 11.4 Å². The average Bonchev–Trinajstić information content (AvgIpc) is 2.95. The van der Waals surface area contributed by atoms with Crippen molar-refractivity contribution in [3.8, 4) is 11.1 Å². The van der Waals surface area contributed by atoms with Crippen LogP contribution in [0.25, 0.3) is 11.1 Å². The van der Waals surface area contributed by atoms with E-state index in [1.165, 1.54) is 19.2 Å². The van der Waals surface area contributed by atoms with Crippen molar-refractivity contribution < 1.29 is 13.5 Å². The Balaban J connectivity index is 1.75. The minimum Gasteiger partial charge on any atom is -0.392 e. The maximum atomic E-state index is 12.1. The molecule has 0 radical (unpaired) electrons. The van der Waals surface area contributed by atoms with E-state index in [1.54, 1.807) is 19.1 Å². The Morgan fingerprint density at radius 3 is 2.15 bits per heavy atom. The van der Waals surface area contributed by atoms with E-state index < -0.39 is 16.1 Å². The molecule has 10 nitrogen and oxygen atoms in total. The first kappa shape index (κ1) is 27.7. The summed E-state index contributed by atoms with van der Waals surface area (Å²) in [5.41, 5.74) is 6.80. The molecule has 39 heavy (non-hydrogen) atoms. The Hall–Kier alpha value is -4.32. The van der Waals surface area contributed by atoms with Gasteiger partial charge in [0.25, 0.3) is 0 Å². The van der Waals surface area contributed by atoms with Crippen molar-refractivity contribution in [3.63, 3.8) is 0 Å². The molecule has 1 heterocycles. The van der Waals surface area contributed by atoms with Crippen LogP contribution in [-0.4, -0.2) is 48.9 Å². The normalized spacial score (nSPS) is 12.6. The second kappa shape index (κ2) is 12.5. The molecular weight excluding hydrogens is 514 g/mol. The number of rotatable bonds is 11. The average molecular weight is 546 g/mol.